The molecule has 4 aliphatic carbocycles. The zero-order chi connectivity index (χ0) is 60.7. The Kier molecular flexibility index (Phi) is 24.4. The topological polar surface area (TPSA) is 198 Å². The van der Waals surface area contributed by atoms with Crippen molar-refractivity contribution in [2.45, 2.75) is 65.0 Å². The highest BCUT2D eigenvalue weighted by Gasteiger charge is 2.36. The first-order valence-corrected chi connectivity index (χ1v) is 30.6. The Morgan fingerprint density at radius 2 is 0.793 bits per heavy atom. The van der Waals surface area contributed by atoms with E-state index in [9.17, 15) is 47.9 Å². The number of rotatable bonds is 6. The van der Waals surface area contributed by atoms with E-state index in [2.05, 4.69) is 23.6 Å². The van der Waals surface area contributed by atoms with Gasteiger partial charge in [-0.3, -0.25) is 47.9 Å². The van der Waals surface area contributed by atoms with E-state index in [-0.39, 0.29) is 108 Å². The van der Waals surface area contributed by atoms with Crippen molar-refractivity contribution in [2.24, 2.45) is 0 Å². The molecule has 13 nitrogen and oxygen atoms in total. The summed E-state index contributed by atoms with van der Waals surface area (Å²) in [5.74, 6) is 0.608. The number of benzene rings is 6. The minimum Gasteiger partial charge on any atom is -0.495 e. The lowest BCUT2D eigenvalue weighted by molar-refractivity contribution is 0.0970. The van der Waals surface area contributed by atoms with Gasteiger partial charge in [0.05, 0.1) is 55.5 Å². The lowest BCUT2D eigenvalue weighted by Crippen LogP contribution is -2.20. The van der Waals surface area contributed by atoms with Crippen LogP contribution in [0.4, 0.5) is 0 Å². The van der Waals surface area contributed by atoms with Gasteiger partial charge in [0, 0.05) is 95.4 Å². The van der Waals surface area contributed by atoms with Crippen LogP contribution in [0.5, 0.6) is 11.5 Å². The van der Waals surface area contributed by atoms with Crippen molar-refractivity contribution in [2.75, 3.05) is 21.3 Å². The smallest absolute Gasteiger partial charge is 0.204 e. The van der Waals surface area contributed by atoms with E-state index in [4.69, 9.17) is 14.2 Å². The number of methoxy groups -OCH3 is 3. The minimum absolute atomic E-state index is 0. The molecule has 0 fully saturated rings. The van der Waals surface area contributed by atoms with Crippen LogP contribution >= 0.6 is 56.7 Å². The molecule has 0 N–H and O–H groups in total. The third kappa shape index (κ3) is 13.1. The van der Waals surface area contributed by atoms with Crippen molar-refractivity contribution in [3.05, 3.63) is 263 Å². The second-order valence-electron chi connectivity index (χ2n) is 19.5. The summed E-state index contributed by atoms with van der Waals surface area (Å²) >= 11 is 6.59. The molecule has 0 radical (unpaired) electrons. The minimum atomic E-state index is -0.230. The first-order chi connectivity index (χ1) is 41.6. The molecule has 0 atom stereocenters. The average Bonchev–Trinajstić information content (AvgIpc) is 1.56. The van der Waals surface area contributed by atoms with Gasteiger partial charge in [-0.15, -0.1) is 56.7 Å². The number of fused-ring (bicyclic) bond motifs is 10. The van der Waals surface area contributed by atoms with Crippen LogP contribution in [0.1, 0.15) is 209 Å². The Hall–Kier alpha value is -9.40. The van der Waals surface area contributed by atoms with E-state index < -0.39 is 0 Å². The van der Waals surface area contributed by atoms with E-state index >= 15 is 0 Å². The molecule has 0 saturated heterocycles. The maximum Gasteiger partial charge on any atom is 0.204 e. The molecule has 15 rings (SSSR count). The molecule has 6 aromatic carbocycles. The van der Waals surface area contributed by atoms with Crippen molar-refractivity contribution in [3.63, 3.8) is 0 Å². The van der Waals surface area contributed by atoms with Crippen LogP contribution in [0.3, 0.4) is 0 Å². The molecule has 5 heterocycles. The van der Waals surface area contributed by atoms with Gasteiger partial charge in [-0.05, 0) is 71.9 Å². The van der Waals surface area contributed by atoms with Crippen molar-refractivity contribution >= 4 is 135 Å². The predicted octanol–water partition coefficient (Wildman–Crippen LogP) is 18.5. The number of hydrogen-bond acceptors (Lipinski definition) is 18. The first kappa shape index (κ1) is 73.3. The third-order valence-corrected chi connectivity index (χ3v) is 19.4. The molecule has 18 heteroatoms. The van der Waals surface area contributed by atoms with E-state index in [1.54, 1.807) is 146 Å². The molecule has 4 aliphatic rings. The normalized spacial score (nSPS) is 12.0. The molecule has 11 aromatic rings. The van der Waals surface area contributed by atoms with Crippen LogP contribution in [0, 0.1) is 0 Å². The van der Waals surface area contributed by atoms with Crippen molar-refractivity contribution in [3.8, 4) is 11.5 Å². The Morgan fingerprint density at radius 3 is 1.28 bits per heavy atom. The highest BCUT2D eigenvalue weighted by Crippen LogP contribution is 2.45. The summed E-state index contributed by atoms with van der Waals surface area (Å²) in [4.78, 5) is 123. The molecule has 472 valence electrons. The second kappa shape index (κ2) is 30.6. The first-order valence-electron chi connectivity index (χ1n) is 26.3. The number of thiophene rings is 5. The van der Waals surface area contributed by atoms with Crippen molar-refractivity contribution < 1.29 is 62.2 Å². The third-order valence-electron chi connectivity index (χ3n) is 14.4. The summed E-state index contributed by atoms with van der Waals surface area (Å²) in [6.45, 7) is 3.27. The van der Waals surface area contributed by atoms with Crippen molar-refractivity contribution in [1.29, 1.82) is 0 Å². The number of Topliss-reactive ketones (excluding diaryl/α,β-unsaturated/α-hetero) is 2. The maximum atomic E-state index is 12.3. The summed E-state index contributed by atoms with van der Waals surface area (Å²) < 4.78 is 17.3. The number of hydrogen-bond donors (Lipinski definition) is 0. The van der Waals surface area contributed by atoms with Gasteiger partial charge in [0.25, 0.3) is 0 Å². The molecule has 0 aliphatic heterocycles. The highest BCUT2D eigenvalue weighted by atomic mass is 32.1. The Balaban J connectivity index is 0.000000206. The zero-order valence-electron chi connectivity index (χ0n) is 46.1. The Morgan fingerprint density at radius 1 is 0.370 bits per heavy atom. The van der Waals surface area contributed by atoms with Gasteiger partial charge in [-0.1, -0.05) is 148 Å². The molecule has 5 aromatic heterocycles. The van der Waals surface area contributed by atoms with Crippen LogP contribution in [0.25, 0.3) is 20.9 Å². The van der Waals surface area contributed by atoms with Gasteiger partial charge >= 0.3 is 0 Å². The average molecular weight is 1330 g/mol. The van der Waals surface area contributed by atoms with Crippen LogP contribution in [-0.2, 0) is 11.3 Å². The lowest BCUT2D eigenvalue weighted by Gasteiger charge is -2.15. The van der Waals surface area contributed by atoms with Gasteiger partial charge < -0.3 is 14.2 Å². The number of ketones is 10. The van der Waals surface area contributed by atoms with Gasteiger partial charge in [0.15, 0.2) is 34.7 Å². The largest absolute Gasteiger partial charge is 0.495 e. The predicted molar refractivity (Wildman–Crippen MR) is 374 cm³/mol. The van der Waals surface area contributed by atoms with Crippen LogP contribution in [-0.4, -0.2) is 79.2 Å². The summed E-state index contributed by atoms with van der Waals surface area (Å²) in [5, 5.41) is 10.5. The Bertz CT molecular complexity index is 4520. The molecular weight excluding hydrogens is 1260 g/mol. The Labute approximate surface area is 554 Å². The molecule has 92 heavy (non-hydrogen) atoms. The molecule has 0 saturated carbocycles. The summed E-state index contributed by atoms with van der Waals surface area (Å²) in [5.41, 5.74) is 6.63. The van der Waals surface area contributed by atoms with Crippen LogP contribution < -0.4 is 9.47 Å². The maximum absolute atomic E-state index is 12.3. The van der Waals surface area contributed by atoms with Crippen LogP contribution in [0.15, 0.2) is 161 Å². The van der Waals surface area contributed by atoms with Gasteiger partial charge in [0.2, 0.25) is 23.1 Å². The van der Waals surface area contributed by atoms with Crippen molar-refractivity contribution in [1.82, 2.24) is 0 Å². The lowest BCUT2D eigenvalue weighted by atomic mass is 9.87. The fraction of sp³-hybridized carbons (Fsp3) is 0.162. The number of ether oxygens (including phenoxy) is 3. The fourth-order valence-electron chi connectivity index (χ4n) is 10.4. The SMILES string of the molecule is C.C.C.C.C.C.CC(=O)c1cc2c(s1)C(=O)c1ccccc1C2=O.CC(=O)c1csc2c1C(=O)c1ccccc1C2=O.COCc1ccc2c(c1)C(=O)c1sccc1C2=O.COc1c2ccccc2c(OC)c2sccc12.O=C1c2ccccc2C(=O)c2sccc21. The van der Waals surface area contributed by atoms with E-state index in [1.165, 1.54) is 42.6 Å². The fourth-order valence-corrected chi connectivity index (χ4v) is 15.1. The monoisotopic (exact) mass is 1320 g/mol. The molecule has 0 amide bonds. The molecule has 0 unspecified atom stereocenters. The summed E-state index contributed by atoms with van der Waals surface area (Å²) in [6.07, 6.45) is 0. The van der Waals surface area contributed by atoms with Crippen LogP contribution in [0.2, 0.25) is 0 Å². The van der Waals surface area contributed by atoms with Gasteiger partial charge in [-0.2, -0.15) is 0 Å². The summed E-state index contributed by atoms with van der Waals surface area (Å²) in [6, 6.07) is 40.9. The number of carbonyl (C=O) groups excluding carboxylic acids is 10. The van der Waals surface area contributed by atoms with Gasteiger partial charge in [0.1, 0.15) is 11.5 Å². The molecule has 0 bridgehead atoms. The molecular formula is C74H68O13S5. The molecule has 0 spiro atoms. The van der Waals surface area contributed by atoms with Gasteiger partial charge in [-0.25, -0.2) is 0 Å². The van der Waals surface area contributed by atoms with E-state index in [1.807, 2.05) is 18.2 Å². The van der Waals surface area contributed by atoms with E-state index in [0.29, 0.717) is 97.8 Å². The quantitative estimate of drug-likeness (QED) is 0.143. The highest BCUT2D eigenvalue weighted by molar-refractivity contribution is 7.18. The zero-order valence-corrected chi connectivity index (χ0v) is 50.2. The standard InChI is InChI=1S/C14H10O3S.2C14H8O3S.C14H12O2S.C12H6O2S.6CH4/c1-17-7-8-2-3-9-11(6-8)13(16)14-10(12(9)15)4-5-18-14;1-7(15)11-6-10-12(16)8-4-2-3-5-9(8)13(17)14(10)18-11;1-7(15)10-6-18-14-11(10)12(16)8-4-2-3-5-9(8)13(14)17;1-15-12-9-5-3-4-6-10(9)13(16-2)14-11(12)7-8-17-14;13-10-7-3-1-2-4-8(7)11(14)12-9(10)5-6-15-12;;;;;;/h2-6H,7H2,1H3;2*2-6H,1H3;3-8H,1-2H3;1-6H;6*1H4. The number of carbonyl (C=O) groups is 10. The van der Waals surface area contributed by atoms with E-state index in [0.717, 1.165) is 60.6 Å². The summed E-state index contributed by atoms with van der Waals surface area (Å²) in [7, 11) is 5.03. The second-order valence-corrected chi connectivity index (χ2v) is 24.2.